The lowest BCUT2D eigenvalue weighted by Gasteiger charge is -2.31. The molecule has 2 aromatic carbocycles. The predicted molar refractivity (Wildman–Crippen MR) is 120 cm³/mol. The largest absolute Gasteiger partial charge is 0.369 e. The van der Waals surface area contributed by atoms with Crippen molar-refractivity contribution in [1.29, 1.82) is 0 Å². The van der Waals surface area contributed by atoms with Gasteiger partial charge >= 0.3 is 0 Å². The smallest absolute Gasteiger partial charge is 0.255 e. The van der Waals surface area contributed by atoms with Crippen LogP contribution in [0.15, 0.2) is 42.5 Å². The van der Waals surface area contributed by atoms with Crippen molar-refractivity contribution in [1.82, 2.24) is 4.90 Å². The molecule has 7 heteroatoms. The van der Waals surface area contributed by atoms with Gasteiger partial charge in [-0.25, -0.2) is 0 Å². The van der Waals surface area contributed by atoms with E-state index in [0.29, 0.717) is 18.7 Å². The molecule has 162 valence electrons. The Bertz CT molecular complexity index is 1000. The summed E-state index contributed by atoms with van der Waals surface area (Å²) in [6.45, 7) is 4.64. The van der Waals surface area contributed by atoms with Crippen LogP contribution in [0.1, 0.15) is 41.3 Å². The molecule has 1 fully saturated rings. The fourth-order valence-corrected chi connectivity index (χ4v) is 4.46. The number of nitrogens with zero attached hydrogens (tertiary/aromatic N) is 2. The van der Waals surface area contributed by atoms with Crippen LogP contribution in [-0.4, -0.2) is 42.3 Å². The fourth-order valence-electron chi connectivity index (χ4n) is 4.46. The third kappa shape index (κ3) is 4.77. The van der Waals surface area contributed by atoms with Crippen molar-refractivity contribution < 1.29 is 14.4 Å². The molecule has 0 radical (unpaired) electrons. The quantitative estimate of drug-likeness (QED) is 0.777. The van der Waals surface area contributed by atoms with E-state index in [0.717, 1.165) is 54.9 Å². The number of nitrogens with two attached hydrogens (primary N) is 1. The molecule has 3 N–H and O–H groups in total. The number of piperidine rings is 1. The zero-order chi connectivity index (χ0) is 22.0. The summed E-state index contributed by atoms with van der Waals surface area (Å²) in [5.74, 6) is -0.437. The third-order valence-electron chi connectivity index (χ3n) is 6.14. The van der Waals surface area contributed by atoms with Crippen LogP contribution in [0.5, 0.6) is 0 Å². The number of amides is 3. The van der Waals surface area contributed by atoms with Crippen LogP contribution in [0.3, 0.4) is 0 Å². The van der Waals surface area contributed by atoms with E-state index in [9.17, 15) is 14.4 Å². The van der Waals surface area contributed by atoms with Crippen molar-refractivity contribution in [3.8, 4) is 0 Å². The minimum Gasteiger partial charge on any atom is -0.369 e. The number of fused-ring (bicyclic) bond motifs is 1. The first-order chi connectivity index (χ1) is 14.9. The first kappa shape index (κ1) is 21.1. The second-order valence-electron chi connectivity index (χ2n) is 8.39. The monoisotopic (exact) mass is 420 g/mol. The van der Waals surface area contributed by atoms with Crippen LogP contribution in [0.2, 0.25) is 0 Å². The Balaban J connectivity index is 1.36. The summed E-state index contributed by atoms with van der Waals surface area (Å²) < 4.78 is 0. The molecule has 3 amide bonds. The van der Waals surface area contributed by atoms with Gasteiger partial charge in [0.25, 0.3) is 5.91 Å². The van der Waals surface area contributed by atoms with E-state index in [1.165, 1.54) is 0 Å². The zero-order valence-electron chi connectivity index (χ0n) is 17.8. The fraction of sp³-hybridized carbons (Fsp3) is 0.375. The second-order valence-corrected chi connectivity index (χ2v) is 8.39. The Kier molecular flexibility index (Phi) is 6.04. The number of primary amides is 1. The van der Waals surface area contributed by atoms with Crippen molar-refractivity contribution >= 4 is 29.1 Å². The number of hydrogen-bond donors (Lipinski definition) is 2. The van der Waals surface area contributed by atoms with E-state index in [2.05, 4.69) is 10.2 Å². The van der Waals surface area contributed by atoms with Gasteiger partial charge < -0.3 is 16.0 Å². The normalized spacial score (nSPS) is 18.5. The molecule has 1 saturated heterocycles. The third-order valence-corrected chi connectivity index (χ3v) is 6.14. The average Bonchev–Trinajstić information content (AvgIpc) is 3.19. The molecule has 0 bridgehead atoms. The minimum atomic E-state index is -0.219. The van der Waals surface area contributed by atoms with Crippen LogP contribution < -0.4 is 16.0 Å². The number of benzene rings is 2. The lowest BCUT2D eigenvalue weighted by atomic mass is 9.97. The average molecular weight is 421 g/mol. The SMILES string of the molecule is CC(=O)N1CCc2cc(C(=O)Nc3ccc(CN4CCCC(C(N)=O)C4)cc3)ccc21. The highest BCUT2D eigenvalue weighted by atomic mass is 16.2. The zero-order valence-corrected chi connectivity index (χ0v) is 17.8. The van der Waals surface area contributed by atoms with Gasteiger partial charge in [0.05, 0.1) is 5.92 Å². The van der Waals surface area contributed by atoms with E-state index in [1.54, 1.807) is 17.9 Å². The van der Waals surface area contributed by atoms with E-state index in [-0.39, 0.29) is 23.6 Å². The Hall–Kier alpha value is -3.19. The predicted octanol–water partition coefficient (Wildman–Crippen LogP) is 2.55. The summed E-state index contributed by atoms with van der Waals surface area (Å²) in [5.41, 5.74) is 9.82. The maximum absolute atomic E-state index is 12.7. The molecule has 1 unspecified atom stereocenters. The van der Waals surface area contributed by atoms with Gasteiger partial charge in [0.15, 0.2) is 0 Å². The number of hydrogen-bond acceptors (Lipinski definition) is 4. The first-order valence-electron chi connectivity index (χ1n) is 10.7. The van der Waals surface area contributed by atoms with Gasteiger partial charge in [-0.1, -0.05) is 12.1 Å². The summed E-state index contributed by atoms with van der Waals surface area (Å²) in [6, 6.07) is 13.3. The number of carbonyl (C=O) groups is 3. The van der Waals surface area contributed by atoms with Gasteiger partial charge in [0, 0.05) is 43.5 Å². The summed E-state index contributed by atoms with van der Waals surface area (Å²) >= 11 is 0. The standard InChI is InChI=1S/C24H28N4O3/c1-16(29)28-12-10-18-13-19(6-9-22(18)28)24(31)26-21-7-4-17(5-8-21)14-27-11-2-3-20(15-27)23(25)30/h4-9,13,20H,2-3,10-12,14-15H2,1H3,(H2,25,30)(H,26,31). The van der Waals surface area contributed by atoms with Crippen molar-refractivity contribution in [3.63, 3.8) is 0 Å². The van der Waals surface area contributed by atoms with Crippen molar-refractivity contribution in [2.24, 2.45) is 11.7 Å². The summed E-state index contributed by atoms with van der Waals surface area (Å²) in [4.78, 5) is 39.8. The molecular formula is C24H28N4O3. The highest BCUT2D eigenvalue weighted by Crippen LogP contribution is 2.29. The summed E-state index contributed by atoms with van der Waals surface area (Å²) in [5, 5.41) is 2.94. The molecule has 2 heterocycles. The molecule has 31 heavy (non-hydrogen) atoms. The van der Waals surface area contributed by atoms with E-state index in [4.69, 9.17) is 5.73 Å². The lowest BCUT2D eigenvalue weighted by Crippen LogP contribution is -2.40. The molecule has 0 saturated carbocycles. The molecule has 1 atom stereocenters. The number of nitrogens with one attached hydrogen (secondary N) is 1. The highest BCUT2D eigenvalue weighted by molar-refractivity contribution is 6.05. The molecule has 0 spiro atoms. The van der Waals surface area contributed by atoms with Crippen LogP contribution >= 0.6 is 0 Å². The maximum Gasteiger partial charge on any atom is 0.255 e. The van der Waals surface area contributed by atoms with Gasteiger partial charge in [-0.3, -0.25) is 19.3 Å². The molecule has 2 aromatic rings. The summed E-state index contributed by atoms with van der Waals surface area (Å²) in [7, 11) is 0. The Morgan fingerprint density at radius 3 is 2.58 bits per heavy atom. The topological polar surface area (TPSA) is 95.7 Å². The lowest BCUT2D eigenvalue weighted by molar-refractivity contribution is -0.123. The molecule has 0 aromatic heterocycles. The molecular weight excluding hydrogens is 392 g/mol. The molecule has 0 aliphatic carbocycles. The van der Waals surface area contributed by atoms with E-state index >= 15 is 0 Å². The number of anilines is 2. The van der Waals surface area contributed by atoms with Gasteiger partial charge in [-0.2, -0.15) is 0 Å². The van der Waals surface area contributed by atoms with Crippen LogP contribution in [0, 0.1) is 5.92 Å². The van der Waals surface area contributed by atoms with Gasteiger partial charge in [-0.15, -0.1) is 0 Å². The molecule has 4 rings (SSSR count). The van der Waals surface area contributed by atoms with Crippen LogP contribution in [0.4, 0.5) is 11.4 Å². The Labute approximate surface area is 182 Å². The molecule has 2 aliphatic heterocycles. The van der Waals surface area contributed by atoms with Crippen LogP contribution in [-0.2, 0) is 22.6 Å². The molecule has 2 aliphatic rings. The van der Waals surface area contributed by atoms with Gasteiger partial charge in [0.2, 0.25) is 11.8 Å². The number of likely N-dealkylation sites (tertiary alicyclic amines) is 1. The summed E-state index contributed by atoms with van der Waals surface area (Å²) in [6.07, 6.45) is 2.61. The van der Waals surface area contributed by atoms with Crippen LogP contribution in [0.25, 0.3) is 0 Å². The van der Waals surface area contributed by atoms with Gasteiger partial charge in [0.1, 0.15) is 0 Å². The van der Waals surface area contributed by atoms with E-state index < -0.39 is 0 Å². The van der Waals surface area contributed by atoms with Crippen molar-refractivity contribution in [2.45, 2.75) is 32.7 Å². The van der Waals surface area contributed by atoms with Gasteiger partial charge in [-0.05, 0) is 67.3 Å². The number of rotatable bonds is 5. The Morgan fingerprint density at radius 2 is 1.87 bits per heavy atom. The first-order valence-corrected chi connectivity index (χ1v) is 10.7. The Morgan fingerprint density at radius 1 is 1.10 bits per heavy atom. The minimum absolute atomic E-state index is 0.0192. The molecule has 7 nitrogen and oxygen atoms in total. The highest BCUT2D eigenvalue weighted by Gasteiger charge is 2.24. The maximum atomic E-state index is 12.7. The second kappa shape index (κ2) is 8.89. The number of carbonyl (C=O) groups excluding carboxylic acids is 3. The van der Waals surface area contributed by atoms with E-state index in [1.807, 2.05) is 36.4 Å². The van der Waals surface area contributed by atoms with Crippen molar-refractivity contribution in [3.05, 3.63) is 59.2 Å². The van der Waals surface area contributed by atoms with Crippen molar-refractivity contribution in [2.75, 3.05) is 29.9 Å².